The van der Waals surface area contributed by atoms with Gasteiger partial charge in [0.1, 0.15) is 0 Å². The van der Waals surface area contributed by atoms with Crippen LogP contribution in [0.2, 0.25) is 0 Å². The number of carbonyl (C=O) groups is 1. The van der Waals surface area contributed by atoms with Gasteiger partial charge in [0.25, 0.3) is 0 Å². The molecule has 4 nitrogen and oxygen atoms in total. The standard InChI is InChI=1S/C16H27N3O.2ClH/c1-3-19(4-2)12-6-5-11-18-16(20)13-14-7-9-15(17)10-8-14;;/h7-10H,3-6,11-13,17H2,1-2H3,(H,18,20);2*1H. The highest BCUT2D eigenvalue weighted by Crippen LogP contribution is 2.05. The molecule has 0 bridgehead atoms. The van der Waals surface area contributed by atoms with Crippen LogP contribution in [0.15, 0.2) is 24.3 Å². The Morgan fingerprint density at radius 1 is 1.09 bits per heavy atom. The third-order valence-electron chi connectivity index (χ3n) is 3.46. The van der Waals surface area contributed by atoms with Gasteiger partial charge in [0, 0.05) is 12.2 Å². The molecule has 22 heavy (non-hydrogen) atoms. The van der Waals surface area contributed by atoms with Crippen LogP contribution in [0.25, 0.3) is 0 Å². The molecule has 0 atom stereocenters. The molecule has 0 saturated heterocycles. The summed E-state index contributed by atoms with van der Waals surface area (Å²) in [7, 11) is 0. The normalized spacial score (nSPS) is 9.77. The number of amides is 1. The van der Waals surface area contributed by atoms with Crippen LogP contribution in [0.5, 0.6) is 0 Å². The number of nitrogens with zero attached hydrogens (tertiary/aromatic N) is 1. The van der Waals surface area contributed by atoms with Crippen molar-refractivity contribution in [2.24, 2.45) is 0 Å². The Kier molecular flexibility index (Phi) is 14.5. The minimum atomic E-state index is 0. The van der Waals surface area contributed by atoms with E-state index in [0.29, 0.717) is 6.42 Å². The van der Waals surface area contributed by atoms with Gasteiger partial charge < -0.3 is 16.0 Å². The highest BCUT2D eigenvalue weighted by atomic mass is 35.5. The quantitative estimate of drug-likeness (QED) is 0.532. The maximum atomic E-state index is 11.8. The van der Waals surface area contributed by atoms with Gasteiger partial charge in [-0.1, -0.05) is 26.0 Å². The van der Waals surface area contributed by atoms with Crippen LogP contribution in [0.4, 0.5) is 5.69 Å². The molecule has 6 heteroatoms. The number of carbonyl (C=O) groups excluding carboxylic acids is 1. The van der Waals surface area contributed by atoms with Gasteiger partial charge in [-0.2, -0.15) is 0 Å². The number of nitrogen functional groups attached to an aromatic ring is 1. The second-order valence-corrected chi connectivity index (χ2v) is 5.00. The summed E-state index contributed by atoms with van der Waals surface area (Å²) in [6, 6.07) is 7.45. The number of hydrogen-bond donors (Lipinski definition) is 2. The molecule has 0 aliphatic carbocycles. The molecule has 0 aliphatic heterocycles. The molecular formula is C16H29Cl2N3O. The van der Waals surface area contributed by atoms with Crippen molar-refractivity contribution in [1.82, 2.24) is 10.2 Å². The van der Waals surface area contributed by atoms with E-state index in [0.717, 1.165) is 50.3 Å². The maximum Gasteiger partial charge on any atom is 0.224 e. The second kappa shape index (κ2) is 13.7. The maximum absolute atomic E-state index is 11.8. The summed E-state index contributed by atoms with van der Waals surface area (Å²) in [5.41, 5.74) is 7.34. The first-order valence-electron chi connectivity index (χ1n) is 7.49. The smallest absolute Gasteiger partial charge is 0.224 e. The lowest BCUT2D eigenvalue weighted by molar-refractivity contribution is -0.120. The highest BCUT2D eigenvalue weighted by molar-refractivity contribution is 5.85. The lowest BCUT2D eigenvalue weighted by atomic mass is 10.1. The largest absolute Gasteiger partial charge is 0.399 e. The summed E-state index contributed by atoms with van der Waals surface area (Å²) in [5.74, 6) is 0.0811. The van der Waals surface area contributed by atoms with Gasteiger partial charge in [0.15, 0.2) is 0 Å². The summed E-state index contributed by atoms with van der Waals surface area (Å²) < 4.78 is 0. The third-order valence-corrected chi connectivity index (χ3v) is 3.46. The van der Waals surface area contributed by atoms with E-state index in [4.69, 9.17) is 5.73 Å². The number of rotatable bonds is 9. The number of anilines is 1. The fourth-order valence-electron chi connectivity index (χ4n) is 2.11. The highest BCUT2D eigenvalue weighted by Gasteiger charge is 2.03. The van der Waals surface area contributed by atoms with E-state index in [1.807, 2.05) is 24.3 Å². The van der Waals surface area contributed by atoms with E-state index in [1.54, 1.807) is 0 Å². The molecule has 128 valence electrons. The first-order valence-corrected chi connectivity index (χ1v) is 7.49. The predicted octanol–water partition coefficient (Wildman–Crippen LogP) is 2.89. The van der Waals surface area contributed by atoms with Gasteiger partial charge in [-0.3, -0.25) is 4.79 Å². The van der Waals surface area contributed by atoms with E-state index in [2.05, 4.69) is 24.1 Å². The lowest BCUT2D eigenvalue weighted by Crippen LogP contribution is -2.28. The number of benzene rings is 1. The number of hydrogen-bond acceptors (Lipinski definition) is 3. The Hall–Kier alpha value is -0.970. The zero-order valence-corrected chi connectivity index (χ0v) is 15.1. The zero-order valence-electron chi connectivity index (χ0n) is 13.5. The van der Waals surface area contributed by atoms with Gasteiger partial charge in [-0.15, -0.1) is 24.8 Å². The van der Waals surface area contributed by atoms with E-state index in [1.165, 1.54) is 0 Å². The summed E-state index contributed by atoms with van der Waals surface area (Å²) >= 11 is 0. The van der Waals surface area contributed by atoms with Crippen molar-refractivity contribution in [1.29, 1.82) is 0 Å². The van der Waals surface area contributed by atoms with E-state index >= 15 is 0 Å². The monoisotopic (exact) mass is 349 g/mol. The van der Waals surface area contributed by atoms with Crippen LogP contribution in [-0.2, 0) is 11.2 Å². The number of nitrogens with two attached hydrogens (primary N) is 1. The van der Waals surface area contributed by atoms with Gasteiger partial charge in [-0.05, 0) is 50.2 Å². The molecule has 0 heterocycles. The van der Waals surface area contributed by atoms with Crippen molar-refractivity contribution in [3.8, 4) is 0 Å². The van der Waals surface area contributed by atoms with Crippen molar-refractivity contribution in [2.45, 2.75) is 33.1 Å². The van der Waals surface area contributed by atoms with Gasteiger partial charge >= 0.3 is 0 Å². The predicted molar refractivity (Wildman–Crippen MR) is 99.1 cm³/mol. The second-order valence-electron chi connectivity index (χ2n) is 5.00. The lowest BCUT2D eigenvalue weighted by Gasteiger charge is -2.17. The van der Waals surface area contributed by atoms with E-state index in [9.17, 15) is 4.79 Å². The van der Waals surface area contributed by atoms with Crippen LogP contribution in [0.3, 0.4) is 0 Å². The van der Waals surface area contributed by atoms with Gasteiger partial charge in [0.05, 0.1) is 6.42 Å². The Morgan fingerprint density at radius 2 is 1.68 bits per heavy atom. The average molecular weight is 350 g/mol. The molecule has 0 fully saturated rings. The van der Waals surface area contributed by atoms with E-state index in [-0.39, 0.29) is 30.7 Å². The molecule has 1 amide bonds. The fourth-order valence-corrected chi connectivity index (χ4v) is 2.11. The third kappa shape index (κ3) is 9.87. The molecule has 0 aromatic heterocycles. The molecule has 1 aromatic carbocycles. The van der Waals surface area contributed by atoms with Crippen LogP contribution >= 0.6 is 24.8 Å². The van der Waals surface area contributed by atoms with Crippen molar-refractivity contribution in [3.05, 3.63) is 29.8 Å². The molecule has 1 aromatic rings. The summed E-state index contributed by atoms with van der Waals surface area (Å²) in [6.07, 6.45) is 2.59. The van der Waals surface area contributed by atoms with Crippen molar-refractivity contribution < 1.29 is 4.79 Å². The first-order chi connectivity index (χ1) is 9.65. The van der Waals surface area contributed by atoms with Crippen molar-refractivity contribution in [2.75, 3.05) is 31.9 Å². The number of halogens is 2. The van der Waals surface area contributed by atoms with Crippen LogP contribution < -0.4 is 11.1 Å². The molecule has 0 aliphatic rings. The van der Waals surface area contributed by atoms with E-state index < -0.39 is 0 Å². The Morgan fingerprint density at radius 3 is 2.23 bits per heavy atom. The molecule has 0 unspecified atom stereocenters. The van der Waals surface area contributed by atoms with Gasteiger partial charge in [-0.25, -0.2) is 0 Å². The Balaban J connectivity index is 0. The zero-order chi connectivity index (χ0) is 14.8. The van der Waals surface area contributed by atoms with Crippen LogP contribution in [0.1, 0.15) is 32.3 Å². The molecule has 0 spiro atoms. The summed E-state index contributed by atoms with van der Waals surface area (Å²) in [4.78, 5) is 14.2. The average Bonchev–Trinajstić information content (AvgIpc) is 2.45. The van der Waals surface area contributed by atoms with Crippen LogP contribution in [0, 0.1) is 0 Å². The summed E-state index contributed by atoms with van der Waals surface area (Å²) in [6.45, 7) is 8.42. The molecule has 0 radical (unpaired) electrons. The topological polar surface area (TPSA) is 58.4 Å². The molecular weight excluding hydrogens is 321 g/mol. The number of nitrogens with one attached hydrogen (secondary N) is 1. The minimum absolute atomic E-state index is 0. The molecule has 1 rings (SSSR count). The van der Waals surface area contributed by atoms with Crippen molar-refractivity contribution in [3.63, 3.8) is 0 Å². The summed E-state index contributed by atoms with van der Waals surface area (Å²) in [5, 5.41) is 2.97. The first kappa shape index (κ1) is 23.3. The SMILES string of the molecule is CCN(CC)CCCCNC(=O)Cc1ccc(N)cc1.Cl.Cl. The van der Waals surface area contributed by atoms with Gasteiger partial charge in [0.2, 0.25) is 5.91 Å². The minimum Gasteiger partial charge on any atom is -0.399 e. The Bertz CT molecular complexity index is 395. The molecule has 0 saturated carbocycles. The fraction of sp³-hybridized carbons (Fsp3) is 0.562. The number of unbranched alkanes of at least 4 members (excludes halogenated alkanes) is 1. The molecule has 3 N–H and O–H groups in total. The van der Waals surface area contributed by atoms with Crippen molar-refractivity contribution >= 4 is 36.4 Å². The Labute approximate surface area is 146 Å². The van der Waals surface area contributed by atoms with Crippen LogP contribution in [-0.4, -0.2) is 37.0 Å².